The molecule has 0 radical (unpaired) electrons. The molecule has 0 N–H and O–H groups in total. The van der Waals surface area contributed by atoms with Crippen molar-refractivity contribution in [1.82, 2.24) is 0 Å². The van der Waals surface area contributed by atoms with E-state index in [0.29, 0.717) is 0 Å². The molecule has 2 heteroatoms. The molecule has 54 heavy (non-hydrogen) atoms. The van der Waals surface area contributed by atoms with Crippen molar-refractivity contribution in [3.8, 4) is 0 Å². The highest BCUT2D eigenvalue weighted by molar-refractivity contribution is 5.78. The van der Waals surface area contributed by atoms with Crippen LogP contribution in [0.4, 0.5) is 34.1 Å². The van der Waals surface area contributed by atoms with E-state index in [4.69, 9.17) is 0 Å². The van der Waals surface area contributed by atoms with Crippen LogP contribution in [0, 0.1) is 55.4 Å². The Balaban J connectivity index is 1.36. The number of aryl methyl sites for hydroxylation is 5. The molecule has 7 aromatic carbocycles. The second-order valence-corrected chi connectivity index (χ2v) is 15.3. The fraction of sp³-hybridized carbons (Fsp3) is 0.192. The van der Waals surface area contributed by atoms with Crippen LogP contribution in [0.2, 0.25) is 0 Å². The molecule has 0 unspecified atom stereocenters. The van der Waals surface area contributed by atoms with Gasteiger partial charge in [-0.3, -0.25) is 0 Å². The quantitative estimate of drug-likeness (QED) is 0.138. The summed E-state index contributed by atoms with van der Waals surface area (Å²) in [6.07, 6.45) is 0. The van der Waals surface area contributed by atoms with Crippen molar-refractivity contribution in [2.24, 2.45) is 0 Å². The molecule has 0 saturated heterocycles. The first kappa shape index (κ1) is 36.5. The summed E-state index contributed by atoms with van der Waals surface area (Å²) >= 11 is 0. The summed E-state index contributed by atoms with van der Waals surface area (Å²) in [5.74, 6) is 0. The number of rotatable bonds is 9. The summed E-state index contributed by atoms with van der Waals surface area (Å²) in [4.78, 5) is 4.70. The second-order valence-electron chi connectivity index (χ2n) is 15.3. The van der Waals surface area contributed by atoms with E-state index in [1.807, 2.05) is 0 Å². The van der Waals surface area contributed by atoms with Crippen LogP contribution in [-0.4, -0.2) is 0 Å². The maximum atomic E-state index is 2.43. The second kappa shape index (κ2) is 14.9. The molecule has 0 aliphatic heterocycles. The predicted octanol–water partition coefficient (Wildman–Crippen LogP) is 14.4. The van der Waals surface area contributed by atoms with E-state index in [1.165, 1.54) is 61.2 Å². The lowest BCUT2D eigenvalue weighted by molar-refractivity contribution is 0.684. The average molecular weight is 705 g/mol. The summed E-state index contributed by atoms with van der Waals surface area (Å²) in [5, 5.41) is 0. The summed E-state index contributed by atoms with van der Waals surface area (Å²) in [6.45, 7) is 20.0. The molecule has 0 aromatic heterocycles. The molecule has 0 amide bonds. The van der Waals surface area contributed by atoms with Crippen molar-refractivity contribution in [1.29, 1.82) is 0 Å². The minimum absolute atomic E-state index is 0.415. The average Bonchev–Trinajstić information content (AvgIpc) is 3.19. The molecule has 0 bridgehead atoms. The third-order valence-corrected chi connectivity index (χ3v) is 11.6. The van der Waals surface area contributed by atoms with Crippen molar-refractivity contribution >= 4 is 34.1 Å². The van der Waals surface area contributed by atoms with Crippen molar-refractivity contribution in [3.05, 3.63) is 213 Å². The molecule has 0 heterocycles. The Morgan fingerprint density at radius 3 is 0.852 bits per heavy atom. The van der Waals surface area contributed by atoms with Gasteiger partial charge in [-0.25, -0.2) is 0 Å². The fourth-order valence-electron chi connectivity index (χ4n) is 7.77. The van der Waals surface area contributed by atoms with Gasteiger partial charge in [0.25, 0.3) is 0 Å². The van der Waals surface area contributed by atoms with Gasteiger partial charge < -0.3 is 9.80 Å². The Hall–Kier alpha value is -5.86. The summed E-state index contributed by atoms with van der Waals surface area (Å²) in [5.41, 5.74) is 20.6. The monoisotopic (exact) mass is 704 g/mol. The molecular formula is C52H52N2. The minimum atomic E-state index is -0.415. The van der Waals surface area contributed by atoms with E-state index >= 15 is 0 Å². The molecule has 2 nitrogen and oxygen atoms in total. The lowest BCUT2D eigenvalue weighted by Crippen LogP contribution is -2.27. The molecule has 0 fully saturated rings. The molecule has 0 atom stereocenters. The molecule has 0 aliphatic rings. The van der Waals surface area contributed by atoms with E-state index < -0.39 is 5.41 Å². The first-order valence-electron chi connectivity index (χ1n) is 19.1. The number of hydrogen-bond donors (Lipinski definition) is 0. The van der Waals surface area contributed by atoms with Gasteiger partial charge in [0, 0.05) is 39.5 Å². The summed E-state index contributed by atoms with van der Waals surface area (Å²) in [6, 6.07) is 56.2. The maximum absolute atomic E-state index is 2.43. The highest BCUT2D eigenvalue weighted by Gasteiger charge is 2.34. The Bertz CT molecular complexity index is 2140. The fourth-order valence-corrected chi connectivity index (χ4v) is 7.77. The van der Waals surface area contributed by atoms with Crippen LogP contribution < -0.4 is 9.80 Å². The first-order valence-corrected chi connectivity index (χ1v) is 19.1. The predicted molar refractivity (Wildman–Crippen MR) is 232 cm³/mol. The largest absolute Gasteiger partial charge is 0.311 e. The van der Waals surface area contributed by atoms with Crippen molar-refractivity contribution in [3.63, 3.8) is 0 Å². The summed E-state index contributed by atoms with van der Waals surface area (Å²) in [7, 11) is 0. The van der Waals surface area contributed by atoms with Gasteiger partial charge in [0.1, 0.15) is 0 Å². The van der Waals surface area contributed by atoms with E-state index in [0.717, 1.165) is 34.1 Å². The van der Waals surface area contributed by atoms with Crippen molar-refractivity contribution in [2.75, 3.05) is 9.80 Å². The van der Waals surface area contributed by atoms with Gasteiger partial charge in [-0.15, -0.1) is 0 Å². The highest BCUT2D eigenvalue weighted by atomic mass is 15.1. The Morgan fingerprint density at radius 1 is 0.315 bits per heavy atom. The Kier molecular flexibility index (Phi) is 10.1. The van der Waals surface area contributed by atoms with Gasteiger partial charge in [-0.2, -0.15) is 0 Å². The Morgan fingerprint density at radius 2 is 0.574 bits per heavy atom. The molecule has 7 rings (SSSR count). The van der Waals surface area contributed by atoms with Crippen LogP contribution in [-0.2, 0) is 5.41 Å². The zero-order valence-corrected chi connectivity index (χ0v) is 33.3. The topological polar surface area (TPSA) is 6.48 Å². The maximum Gasteiger partial charge on any atom is 0.0461 e. The number of anilines is 6. The zero-order valence-electron chi connectivity index (χ0n) is 33.3. The molecule has 0 aliphatic carbocycles. The van der Waals surface area contributed by atoms with E-state index in [2.05, 4.69) is 224 Å². The van der Waals surface area contributed by atoms with Gasteiger partial charge in [0.2, 0.25) is 0 Å². The molecule has 0 saturated carbocycles. The lowest BCUT2D eigenvalue weighted by atomic mass is 9.68. The van der Waals surface area contributed by atoms with Crippen LogP contribution in [0.25, 0.3) is 0 Å². The van der Waals surface area contributed by atoms with Gasteiger partial charge >= 0.3 is 0 Å². The smallest absolute Gasteiger partial charge is 0.0461 e. The van der Waals surface area contributed by atoms with E-state index in [9.17, 15) is 0 Å². The molecule has 0 spiro atoms. The number of benzene rings is 7. The highest BCUT2D eigenvalue weighted by Crippen LogP contribution is 2.45. The number of nitrogens with zero attached hydrogens (tertiary/aromatic N) is 2. The normalized spacial score (nSPS) is 11.4. The van der Waals surface area contributed by atoms with Gasteiger partial charge in [-0.1, -0.05) is 101 Å². The molecular weight excluding hydrogens is 653 g/mol. The van der Waals surface area contributed by atoms with Gasteiger partial charge in [0.15, 0.2) is 0 Å². The van der Waals surface area contributed by atoms with Crippen molar-refractivity contribution < 1.29 is 0 Å². The molecule has 270 valence electrons. The first-order chi connectivity index (χ1) is 25.9. The van der Waals surface area contributed by atoms with Crippen LogP contribution in [0.3, 0.4) is 0 Å². The lowest BCUT2D eigenvalue weighted by Gasteiger charge is -2.36. The zero-order chi connectivity index (χ0) is 38.1. The third-order valence-electron chi connectivity index (χ3n) is 11.6. The van der Waals surface area contributed by atoms with E-state index in [-0.39, 0.29) is 0 Å². The SMILES string of the molecule is Cc1ccc(N(c2ccc(C)cc2)c2ccc(C(C)(c3ccc(N(c4ccc(C)cc4)c4ccc(C)cc4)cc3)c3cc(C)c(C)c(C)c3C)cc2)cc1. The van der Waals surface area contributed by atoms with Crippen LogP contribution in [0.1, 0.15) is 68.1 Å². The van der Waals surface area contributed by atoms with Crippen LogP contribution in [0.5, 0.6) is 0 Å². The van der Waals surface area contributed by atoms with Gasteiger partial charge in [0.05, 0.1) is 0 Å². The molecule has 7 aromatic rings. The van der Waals surface area contributed by atoms with E-state index in [1.54, 1.807) is 0 Å². The summed E-state index contributed by atoms with van der Waals surface area (Å²) < 4.78 is 0. The number of hydrogen-bond acceptors (Lipinski definition) is 2. The third kappa shape index (κ3) is 6.97. The van der Waals surface area contributed by atoms with Crippen LogP contribution >= 0.6 is 0 Å². The minimum Gasteiger partial charge on any atom is -0.311 e. The standard InChI is InChI=1S/C52H52N2/c1-35-10-22-45(23-11-35)53(46-24-12-36(2)13-25-46)49-30-18-43(19-31-49)52(9,51-34-39(5)40(6)41(7)42(51)8)44-20-32-50(33-21-44)54(47-26-14-37(3)15-27-47)48-28-16-38(4)17-29-48/h10-34H,1-9H3. The van der Waals surface area contributed by atoms with Crippen LogP contribution in [0.15, 0.2) is 152 Å². The van der Waals surface area contributed by atoms with Gasteiger partial charge in [-0.05, 0) is 174 Å². The van der Waals surface area contributed by atoms with Crippen molar-refractivity contribution in [2.45, 2.75) is 67.7 Å². The Labute approximate surface area is 323 Å².